The van der Waals surface area contributed by atoms with E-state index in [0.717, 1.165) is 18.9 Å². The highest BCUT2D eigenvalue weighted by Gasteiger charge is 2.23. The minimum absolute atomic E-state index is 0.222. The smallest absolute Gasteiger partial charge is 0.220 e. The Kier molecular flexibility index (Phi) is 4.18. The molecule has 2 N–H and O–H groups in total. The average molecular weight is 225 g/mol. The predicted molar refractivity (Wildman–Crippen MR) is 64.3 cm³/mol. The minimum atomic E-state index is 0.222. The van der Waals surface area contributed by atoms with Crippen LogP contribution in [-0.2, 0) is 4.79 Å². The van der Waals surface area contributed by atoms with E-state index in [4.69, 9.17) is 0 Å². The van der Waals surface area contributed by atoms with Gasteiger partial charge in [0.2, 0.25) is 5.91 Å². The van der Waals surface area contributed by atoms with Crippen molar-refractivity contribution in [2.45, 2.75) is 31.7 Å². The maximum absolute atomic E-state index is 11.1. The number of hydrogen-bond acceptors (Lipinski definition) is 3. The third kappa shape index (κ3) is 3.46. The van der Waals surface area contributed by atoms with Gasteiger partial charge < -0.3 is 15.5 Å². The van der Waals surface area contributed by atoms with Gasteiger partial charge in [0.1, 0.15) is 0 Å². The fourth-order valence-electron chi connectivity index (χ4n) is 2.77. The van der Waals surface area contributed by atoms with Crippen molar-refractivity contribution in [3.63, 3.8) is 0 Å². The molecule has 0 bridgehead atoms. The van der Waals surface area contributed by atoms with Gasteiger partial charge in [0.25, 0.3) is 0 Å². The molecule has 0 radical (unpaired) electrons. The van der Waals surface area contributed by atoms with Crippen molar-refractivity contribution in [1.82, 2.24) is 15.5 Å². The van der Waals surface area contributed by atoms with Crippen LogP contribution in [0.3, 0.4) is 0 Å². The second kappa shape index (κ2) is 5.64. The molecule has 1 unspecified atom stereocenters. The zero-order chi connectivity index (χ0) is 11.4. The second-order valence-corrected chi connectivity index (χ2v) is 5.22. The van der Waals surface area contributed by atoms with E-state index >= 15 is 0 Å². The highest BCUT2D eigenvalue weighted by atomic mass is 16.1. The highest BCUT2D eigenvalue weighted by molar-refractivity contribution is 5.78. The largest absolute Gasteiger partial charge is 0.352 e. The molecule has 0 aromatic carbocycles. The van der Waals surface area contributed by atoms with Gasteiger partial charge in [-0.2, -0.15) is 0 Å². The monoisotopic (exact) mass is 225 g/mol. The van der Waals surface area contributed by atoms with Crippen LogP contribution in [0.5, 0.6) is 0 Å². The quantitative estimate of drug-likeness (QED) is 0.718. The average Bonchev–Trinajstić information content (AvgIpc) is 2.65. The third-order valence-corrected chi connectivity index (χ3v) is 3.65. The molecule has 16 heavy (non-hydrogen) atoms. The third-order valence-electron chi connectivity index (χ3n) is 3.65. The van der Waals surface area contributed by atoms with Crippen molar-refractivity contribution in [2.75, 3.05) is 33.2 Å². The number of amides is 1. The van der Waals surface area contributed by atoms with Crippen LogP contribution in [0.15, 0.2) is 0 Å². The van der Waals surface area contributed by atoms with Crippen LogP contribution in [0, 0.1) is 5.92 Å². The number of hydrogen-bond donors (Lipinski definition) is 2. The summed E-state index contributed by atoms with van der Waals surface area (Å²) in [6.07, 6.45) is 4.31. The predicted octanol–water partition coefficient (Wildman–Crippen LogP) is 0.196. The summed E-state index contributed by atoms with van der Waals surface area (Å²) in [5.74, 6) is 1.06. The van der Waals surface area contributed by atoms with Crippen LogP contribution in [0.2, 0.25) is 0 Å². The molecular weight excluding hydrogens is 202 g/mol. The number of likely N-dealkylation sites (N-methyl/N-ethyl adjacent to an activating group) is 1. The van der Waals surface area contributed by atoms with Crippen LogP contribution in [-0.4, -0.2) is 50.1 Å². The van der Waals surface area contributed by atoms with Crippen molar-refractivity contribution < 1.29 is 4.79 Å². The standard InChI is InChI=1S/C12H23N3O/c1-15(8-10-4-6-13-7-5-10)9-11-2-3-12(16)14-11/h10-11,13H,2-9H2,1H3,(H,14,16). The first-order chi connectivity index (χ1) is 7.74. The molecule has 0 aromatic heterocycles. The van der Waals surface area contributed by atoms with E-state index in [1.165, 1.54) is 32.5 Å². The SMILES string of the molecule is CN(CC1CCNCC1)CC1CCC(=O)N1. The maximum Gasteiger partial charge on any atom is 0.220 e. The Morgan fingerprint density at radius 2 is 2.00 bits per heavy atom. The summed E-state index contributed by atoms with van der Waals surface area (Å²) >= 11 is 0. The Labute approximate surface area is 97.8 Å². The topological polar surface area (TPSA) is 44.4 Å². The summed E-state index contributed by atoms with van der Waals surface area (Å²) in [5, 5.41) is 6.42. The van der Waals surface area contributed by atoms with Gasteiger partial charge in [0, 0.05) is 25.6 Å². The second-order valence-electron chi connectivity index (χ2n) is 5.22. The van der Waals surface area contributed by atoms with Crippen LogP contribution in [0.4, 0.5) is 0 Å². The molecule has 2 aliphatic rings. The molecule has 92 valence electrons. The van der Waals surface area contributed by atoms with Gasteiger partial charge in [0.15, 0.2) is 0 Å². The minimum Gasteiger partial charge on any atom is -0.352 e. The van der Waals surface area contributed by atoms with E-state index in [1.54, 1.807) is 0 Å². The first kappa shape index (κ1) is 11.9. The van der Waals surface area contributed by atoms with Crippen LogP contribution in [0.1, 0.15) is 25.7 Å². The van der Waals surface area contributed by atoms with Gasteiger partial charge in [-0.25, -0.2) is 0 Å². The van der Waals surface area contributed by atoms with E-state index in [0.29, 0.717) is 12.5 Å². The van der Waals surface area contributed by atoms with Crippen LogP contribution >= 0.6 is 0 Å². The van der Waals surface area contributed by atoms with Crippen molar-refractivity contribution in [3.05, 3.63) is 0 Å². The first-order valence-corrected chi connectivity index (χ1v) is 6.42. The molecule has 2 saturated heterocycles. The molecule has 2 fully saturated rings. The van der Waals surface area contributed by atoms with Gasteiger partial charge in [0.05, 0.1) is 0 Å². The Bertz CT molecular complexity index is 238. The van der Waals surface area contributed by atoms with E-state index in [-0.39, 0.29) is 5.91 Å². The molecule has 0 aromatic rings. The molecule has 0 saturated carbocycles. The summed E-state index contributed by atoms with van der Waals surface area (Å²) in [6.45, 7) is 4.51. The number of carbonyl (C=O) groups is 1. The normalized spacial score (nSPS) is 27.4. The number of nitrogens with zero attached hydrogens (tertiary/aromatic N) is 1. The van der Waals surface area contributed by atoms with Crippen molar-refractivity contribution in [1.29, 1.82) is 0 Å². The summed E-state index contributed by atoms with van der Waals surface area (Å²) < 4.78 is 0. The Morgan fingerprint density at radius 1 is 1.25 bits per heavy atom. The number of carbonyl (C=O) groups excluding carboxylic acids is 1. The van der Waals surface area contributed by atoms with Crippen molar-refractivity contribution >= 4 is 5.91 Å². The Morgan fingerprint density at radius 3 is 2.62 bits per heavy atom. The molecule has 1 atom stereocenters. The van der Waals surface area contributed by atoms with Gasteiger partial charge in [-0.1, -0.05) is 0 Å². The Balaban J connectivity index is 1.67. The van der Waals surface area contributed by atoms with Gasteiger partial charge in [-0.15, -0.1) is 0 Å². The number of nitrogens with one attached hydrogen (secondary N) is 2. The lowest BCUT2D eigenvalue weighted by Crippen LogP contribution is -2.40. The van der Waals surface area contributed by atoms with E-state index in [2.05, 4.69) is 22.6 Å². The van der Waals surface area contributed by atoms with E-state index in [1.807, 2.05) is 0 Å². The maximum atomic E-state index is 11.1. The molecular formula is C12H23N3O. The van der Waals surface area contributed by atoms with Crippen LogP contribution < -0.4 is 10.6 Å². The van der Waals surface area contributed by atoms with Crippen LogP contribution in [0.25, 0.3) is 0 Å². The summed E-state index contributed by atoms with van der Waals surface area (Å²) in [4.78, 5) is 13.5. The number of rotatable bonds is 4. The van der Waals surface area contributed by atoms with Gasteiger partial charge in [-0.05, 0) is 45.3 Å². The first-order valence-electron chi connectivity index (χ1n) is 6.42. The highest BCUT2D eigenvalue weighted by Crippen LogP contribution is 2.14. The van der Waals surface area contributed by atoms with Crippen molar-refractivity contribution in [2.24, 2.45) is 5.92 Å². The number of piperidine rings is 1. The van der Waals surface area contributed by atoms with Gasteiger partial charge >= 0.3 is 0 Å². The molecule has 0 aliphatic carbocycles. The zero-order valence-electron chi connectivity index (χ0n) is 10.2. The summed E-state index contributed by atoms with van der Waals surface area (Å²) in [5.41, 5.74) is 0. The molecule has 1 amide bonds. The fraction of sp³-hybridized carbons (Fsp3) is 0.917. The summed E-state index contributed by atoms with van der Waals surface area (Å²) in [7, 11) is 2.17. The molecule has 2 aliphatic heterocycles. The molecule has 4 nitrogen and oxygen atoms in total. The molecule has 4 heteroatoms. The molecule has 0 spiro atoms. The van der Waals surface area contributed by atoms with Gasteiger partial charge in [-0.3, -0.25) is 4.79 Å². The zero-order valence-corrected chi connectivity index (χ0v) is 10.2. The molecule has 2 rings (SSSR count). The lowest BCUT2D eigenvalue weighted by molar-refractivity contribution is -0.119. The van der Waals surface area contributed by atoms with Crippen molar-refractivity contribution in [3.8, 4) is 0 Å². The lowest BCUT2D eigenvalue weighted by atomic mass is 9.97. The lowest BCUT2D eigenvalue weighted by Gasteiger charge is -2.28. The van der Waals surface area contributed by atoms with E-state index < -0.39 is 0 Å². The van der Waals surface area contributed by atoms with E-state index in [9.17, 15) is 4.79 Å². The fourth-order valence-corrected chi connectivity index (χ4v) is 2.77. The summed E-state index contributed by atoms with van der Waals surface area (Å²) in [6, 6.07) is 0.388. The Hall–Kier alpha value is -0.610. The molecule has 2 heterocycles.